The Morgan fingerprint density at radius 1 is 1.36 bits per heavy atom. The summed E-state index contributed by atoms with van der Waals surface area (Å²) >= 11 is 0. The lowest BCUT2D eigenvalue weighted by Crippen LogP contribution is -1.92. The highest BCUT2D eigenvalue weighted by atomic mass is 16.4. The van der Waals surface area contributed by atoms with E-state index in [1.807, 2.05) is 43.3 Å². The zero-order chi connectivity index (χ0) is 10.4. The third-order valence-corrected chi connectivity index (χ3v) is 2.04. The second kappa shape index (κ2) is 5.22. The predicted molar refractivity (Wildman–Crippen MR) is 57.0 cm³/mol. The minimum atomic E-state index is -0.748. The van der Waals surface area contributed by atoms with E-state index in [-0.39, 0.29) is 6.42 Å². The van der Waals surface area contributed by atoms with Crippen molar-refractivity contribution in [1.29, 1.82) is 0 Å². The van der Waals surface area contributed by atoms with Crippen LogP contribution in [0.25, 0.3) is 5.57 Å². The van der Waals surface area contributed by atoms with Crippen LogP contribution in [-0.2, 0) is 4.79 Å². The van der Waals surface area contributed by atoms with Crippen molar-refractivity contribution in [2.24, 2.45) is 0 Å². The summed E-state index contributed by atoms with van der Waals surface area (Å²) in [5, 5.41) is 8.47. The lowest BCUT2D eigenvalue weighted by Gasteiger charge is -1.99. The van der Waals surface area contributed by atoms with Gasteiger partial charge in [0.1, 0.15) is 0 Å². The fourth-order valence-corrected chi connectivity index (χ4v) is 1.23. The fraction of sp³-hybridized carbons (Fsp3) is 0.250. The minimum absolute atomic E-state index is 0.199. The molecule has 0 aliphatic carbocycles. The van der Waals surface area contributed by atoms with Gasteiger partial charge in [0, 0.05) is 6.42 Å². The monoisotopic (exact) mass is 190 g/mol. The third-order valence-electron chi connectivity index (χ3n) is 2.04. The molecule has 0 heterocycles. The lowest BCUT2D eigenvalue weighted by molar-refractivity contribution is -0.136. The van der Waals surface area contributed by atoms with E-state index in [4.69, 9.17) is 5.11 Å². The van der Waals surface area contributed by atoms with Crippen molar-refractivity contribution >= 4 is 11.5 Å². The van der Waals surface area contributed by atoms with Gasteiger partial charge in [0.15, 0.2) is 0 Å². The molecule has 2 heteroatoms. The Kier molecular flexibility index (Phi) is 3.92. The van der Waals surface area contributed by atoms with Crippen molar-refractivity contribution in [3.05, 3.63) is 42.0 Å². The van der Waals surface area contributed by atoms with Crippen molar-refractivity contribution in [3.63, 3.8) is 0 Å². The van der Waals surface area contributed by atoms with Gasteiger partial charge >= 0.3 is 5.97 Å². The van der Waals surface area contributed by atoms with Crippen molar-refractivity contribution in [2.75, 3.05) is 0 Å². The van der Waals surface area contributed by atoms with Gasteiger partial charge in [0.2, 0.25) is 0 Å². The molecular weight excluding hydrogens is 176 g/mol. The molecule has 0 saturated carbocycles. The van der Waals surface area contributed by atoms with Crippen LogP contribution in [0.2, 0.25) is 0 Å². The smallest absolute Gasteiger partial charge is 0.303 e. The quantitative estimate of drug-likeness (QED) is 0.792. The Bertz CT molecular complexity index is 325. The fourth-order valence-electron chi connectivity index (χ4n) is 1.23. The normalized spacial score (nSPS) is 11.4. The first kappa shape index (κ1) is 10.5. The van der Waals surface area contributed by atoms with Crippen LogP contribution in [0.3, 0.4) is 0 Å². The number of carboxylic acids is 1. The van der Waals surface area contributed by atoms with E-state index >= 15 is 0 Å². The molecule has 0 bridgehead atoms. The Labute approximate surface area is 83.9 Å². The molecule has 0 aliphatic rings. The van der Waals surface area contributed by atoms with Gasteiger partial charge in [-0.05, 0) is 24.5 Å². The molecular formula is C12H14O2. The van der Waals surface area contributed by atoms with E-state index < -0.39 is 5.97 Å². The summed E-state index contributed by atoms with van der Waals surface area (Å²) in [6, 6.07) is 9.96. The Morgan fingerprint density at radius 3 is 2.57 bits per heavy atom. The van der Waals surface area contributed by atoms with Crippen molar-refractivity contribution < 1.29 is 9.90 Å². The molecule has 0 aromatic heterocycles. The van der Waals surface area contributed by atoms with E-state index in [2.05, 4.69) is 0 Å². The summed E-state index contributed by atoms with van der Waals surface area (Å²) in [7, 11) is 0. The van der Waals surface area contributed by atoms with Gasteiger partial charge in [0.05, 0.1) is 0 Å². The van der Waals surface area contributed by atoms with Crippen LogP contribution in [0, 0.1) is 0 Å². The first-order chi connectivity index (χ1) is 6.70. The molecule has 0 aliphatic heterocycles. The SMILES string of the molecule is C/C(=C\CCC(=O)O)c1ccccc1. The molecule has 0 saturated heterocycles. The second-order valence-electron chi connectivity index (χ2n) is 3.19. The topological polar surface area (TPSA) is 37.3 Å². The van der Waals surface area contributed by atoms with Crippen LogP contribution in [-0.4, -0.2) is 11.1 Å². The average Bonchev–Trinajstić information content (AvgIpc) is 2.18. The number of carboxylic acid groups (broad SMARTS) is 1. The van der Waals surface area contributed by atoms with Crippen LogP contribution >= 0.6 is 0 Å². The molecule has 0 unspecified atom stereocenters. The van der Waals surface area contributed by atoms with E-state index in [0.29, 0.717) is 6.42 Å². The lowest BCUT2D eigenvalue weighted by atomic mass is 10.1. The van der Waals surface area contributed by atoms with Gasteiger partial charge in [-0.3, -0.25) is 4.79 Å². The van der Waals surface area contributed by atoms with Gasteiger partial charge in [-0.25, -0.2) is 0 Å². The summed E-state index contributed by atoms with van der Waals surface area (Å²) in [5.41, 5.74) is 2.28. The zero-order valence-electron chi connectivity index (χ0n) is 8.23. The molecule has 2 nitrogen and oxygen atoms in total. The molecule has 0 radical (unpaired) electrons. The molecule has 1 rings (SSSR count). The Balaban J connectivity index is 2.57. The van der Waals surface area contributed by atoms with E-state index in [0.717, 1.165) is 11.1 Å². The number of rotatable bonds is 4. The molecule has 0 spiro atoms. The highest BCUT2D eigenvalue weighted by Gasteiger charge is 1.96. The number of hydrogen-bond acceptors (Lipinski definition) is 1. The highest BCUT2D eigenvalue weighted by Crippen LogP contribution is 2.13. The van der Waals surface area contributed by atoms with Crippen molar-refractivity contribution in [1.82, 2.24) is 0 Å². The number of benzene rings is 1. The summed E-state index contributed by atoms with van der Waals surface area (Å²) in [4.78, 5) is 10.3. The van der Waals surface area contributed by atoms with Gasteiger partial charge < -0.3 is 5.11 Å². The van der Waals surface area contributed by atoms with Crippen LogP contribution in [0.5, 0.6) is 0 Å². The van der Waals surface area contributed by atoms with E-state index in [9.17, 15) is 4.79 Å². The van der Waals surface area contributed by atoms with Crippen LogP contribution in [0.15, 0.2) is 36.4 Å². The molecule has 1 N–H and O–H groups in total. The van der Waals surface area contributed by atoms with Gasteiger partial charge in [-0.2, -0.15) is 0 Å². The van der Waals surface area contributed by atoms with Gasteiger partial charge in [-0.1, -0.05) is 36.4 Å². The second-order valence-corrected chi connectivity index (χ2v) is 3.19. The molecule has 1 aromatic carbocycles. The summed E-state index contributed by atoms with van der Waals surface area (Å²) < 4.78 is 0. The van der Waals surface area contributed by atoms with E-state index in [1.54, 1.807) is 0 Å². The Hall–Kier alpha value is -1.57. The largest absolute Gasteiger partial charge is 0.481 e. The molecule has 0 fully saturated rings. The van der Waals surface area contributed by atoms with Gasteiger partial charge in [-0.15, -0.1) is 0 Å². The number of carbonyl (C=O) groups is 1. The first-order valence-electron chi connectivity index (χ1n) is 4.64. The maximum absolute atomic E-state index is 10.3. The predicted octanol–water partition coefficient (Wildman–Crippen LogP) is 2.95. The van der Waals surface area contributed by atoms with Crippen LogP contribution in [0.4, 0.5) is 0 Å². The first-order valence-corrected chi connectivity index (χ1v) is 4.64. The molecule has 0 atom stereocenters. The molecule has 14 heavy (non-hydrogen) atoms. The standard InChI is InChI=1S/C12H14O2/c1-10(6-5-9-12(13)14)11-7-3-2-4-8-11/h2-4,6-8H,5,9H2,1H3,(H,13,14)/b10-6+. The number of allylic oxidation sites excluding steroid dienone is 2. The summed E-state index contributed by atoms with van der Waals surface area (Å²) in [6.07, 6.45) is 2.75. The third kappa shape index (κ3) is 3.44. The minimum Gasteiger partial charge on any atom is -0.481 e. The van der Waals surface area contributed by atoms with Gasteiger partial charge in [0.25, 0.3) is 0 Å². The maximum atomic E-state index is 10.3. The number of aliphatic carboxylic acids is 1. The van der Waals surface area contributed by atoms with Crippen molar-refractivity contribution in [2.45, 2.75) is 19.8 Å². The molecule has 74 valence electrons. The van der Waals surface area contributed by atoms with Crippen LogP contribution < -0.4 is 0 Å². The number of hydrogen-bond donors (Lipinski definition) is 1. The average molecular weight is 190 g/mol. The summed E-state index contributed by atoms with van der Waals surface area (Å²) in [6.45, 7) is 2.00. The van der Waals surface area contributed by atoms with Crippen molar-refractivity contribution in [3.8, 4) is 0 Å². The maximum Gasteiger partial charge on any atom is 0.303 e. The zero-order valence-corrected chi connectivity index (χ0v) is 8.23. The van der Waals surface area contributed by atoms with Crippen LogP contribution in [0.1, 0.15) is 25.3 Å². The highest BCUT2D eigenvalue weighted by molar-refractivity contribution is 5.68. The molecule has 1 aromatic rings. The molecule has 0 amide bonds. The van der Waals surface area contributed by atoms with E-state index in [1.165, 1.54) is 0 Å². The Morgan fingerprint density at radius 2 is 2.00 bits per heavy atom. The summed E-state index contributed by atoms with van der Waals surface area (Å²) in [5.74, 6) is -0.748.